The summed E-state index contributed by atoms with van der Waals surface area (Å²) in [6, 6.07) is 0. The molecule has 2 fully saturated rings. The fourth-order valence-electron chi connectivity index (χ4n) is 1.84. The first-order valence-corrected chi connectivity index (χ1v) is 4.33. The molecule has 7 heteroatoms. The van der Waals surface area contributed by atoms with E-state index in [1.807, 2.05) is 0 Å². The van der Waals surface area contributed by atoms with Gasteiger partial charge in [0.1, 0.15) is 24.4 Å². The lowest BCUT2D eigenvalue weighted by molar-refractivity contribution is -0.507. The van der Waals surface area contributed by atoms with Crippen LogP contribution >= 0.6 is 0 Å². The molecule has 2 aliphatic rings. The lowest BCUT2D eigenvalue weighted by atomic mass is 10.1. The van der Waals surface area contributed by atoms with E-state index in [1.54, 1.807) is 7.11 Å². The molecule has 0 saturated carbocycles. The van der Waals surface area contributed by atoms with Gasteiger partial charge in [-0.2, -0.15) is 0 Å². The van der Waals surface area contributed by atoms with Crippen molar-refractivity contribution in [2.75, 3.05) is 20.3 Å². The molecule has 14 heavy (non-hydrogen) atoms. The van der Waals surface area contributed by atoms with Gasteiger partial charge < -0.3 is 14.2 Å². The van der Waals surface area contributed by atoms with Crippen molar-refractivity contribution in [3.63, 3.8) is 0 Å². The third kappa shape index (κ3) is 1.75. The number of rotatable bonds is 3. The van der Waals surface area contributed by atoms with Gasteiger partial charge in [-0.15, -0.1) is 0 Å². The van der Waals surface area contributed by atoms with Gasteiger partial charge in [0, 0.05) is 7.11 Å². The minimum atomic E-state index is -0.504. The molecule has 0 unspecified atom stereocenters. The van der Waals surface area contributed by atoms with Crippen molar-refractivity contribution < 1.29 is 29.5 Å². The van der Waals surface area contributed by atoms with Crippen LogP contribution in [0, 0.1) is 0 Å². The van der Waals surface area contributed by atoms with Crippen LogP contribution in [-0.4, -0.2) is 60.5 Å². The molecule has 2 heterocycles. The third-order valence-electron chi connectivity index (χ3n) is 2.49. The quantitative estimate of drug-likeness (QED) is 0.585. The van der Waals surface area contributed by atoms with Gasteiger partial charge in [0.05, 0.1) is 18.6 Å². The molecule has 0 aromatic rings. The van der Waals surface area contributed by atoms with Gasteiger partial charge in [0.2, 0.25) is 0 Å². The monoisotopic (exact) mass is 207 g/mol. The van der Waals surface area contributed by atoms with Crippen LogP contribution in [0.5, 0.6) is 0 Å². The Morgan fingerprint density at radius 1 is 1.14 bits per heavy atom. The Morgan fingerprint density at radius 3 is 2.29 bits per heavy atom. The number of hydrogen-bond donors (Lipinski definition) is 2. The number of fused-ring (bicyclic) bond motifs is 1. The van der Waals surface area contributed by atoms with Crippen molar-refractivity contribution in [1.82, 2.24) is 5.39 Å². The Balaban J connectivity index is 1.94. The SMILES string of the molecule is CO[C@@H]1CO[C@H]2[C@@H]1OC[C@H]2ON(O)O. The largest absolute Gasteiger partial charge is 0.376 e. The molecule has 0 amide bonds. The molecule has 0 aromatic carbocycles. The normalized spacial score (nSPS) is 42.0. The molecule has 2 aliphatic heterocycles. The van der Waals surface area contributed by atoms with E-state index in [1.165, 1.54) is 0 Å². The van der Waals surface area contributed by atoms with E-state index in [4.69, 9.17) is 24.6 Å². The minimum absolute atomic E-state index is 0.112. The molecule has 4 atom stereocenters. The summed E-state index contributed by atoms with van der Waals surface area (Å²) in [4.78, 5) is 4.66. The highest BCUT2D eigenvalue weighted by Crippen LogP contribution is 2.30. The summed E-state index contributed by atoms with van der Waals surface area (Å²) in [6.45, 7) is 0.690. The fraction of sp³-hybridized carbons (Fsp3) is 1.00. The molecule has 2 N–H and O–H groups in total. The number of nitrogens with zero attached hydrogens (tertiary/aromatic N) is 1. The summed E-state index contributed by atoms with van der Waals surface area (Å²) in [5, 5.41) is 16.6. The second-order valence-corrected chi connectivity index (χ2v) is 3.27. The molecule has 82 valence electrons. The molecule has 0 aromatic heterocycles. The van der Waals surface area contributed by atoms with Gasteiger partial charge in [0.25, 0.3) is 0 Å². The smallest absolute Gasteiger partial charge is 0.136 e. The lowest BCUT2D eigenvalue weighted by Crippen LogP contribution is -2.36. The zero-order chi connectivity index (χ0) is 10.1. The van der Waals surface area contributed by atoms with Crippen LogP contribution in [-0.2, 0) is 19.0 Å². The zero-order valence-corrected chi connectivity index (χ0v) is 7.70. The summed E-state index contributed by atoms with van der Waals surface area (Å²) < 4.78 is 15.9. The molecule has 2 rings (SSSR count). The summed E-state index contributed by atoms with van der Waals surface area (Å²) in [6.07, 6.45) is -1.11. The van der Waals surface area contributed by atoms with Crippen molar-refractivity contribution in [3.05, 3.63) is 0 Å². The minimum Gasteiger partial charge on any atom is -0.376 e. The fourth-order valence-corrected chi connectivity index (χ4v) is 1.84. The highest BCUT2D eigenvalue weighted by Gasteiger charge is 2.49. The van der Waals surface area contributed by atoms with Crippen molar-refractivity contribution in [2.45, 2.75) is 24.4 Å². The van der Waals surface area contributed by atoms with Crippen molar-refractivity contribution in [1.29, 1.82) is 0 Å². The highest BCUT2D eigenvalue weighted by molar-refractivity contribution is 4.95. The molecule has 0 radical (unpaired) electrons. The third-order valence-corrected chi connectivity index (χ3v) is 2.49. The maximum atomic E-state index is 8.48. The summed E-state index contributed by atoms with van der Waals surface area (Å²) in [5.74, 6) is 0. The van der Waals surface area contributed by atoms with E-state index in [9.17, 15) is 0 Å². The summed E-state index contributed by atoms with van der Waals surface area (Å²) in [7, 11) is 1.58. The van der Waals surface area contributed by atoms with Gasteiger partial charge >= 0.3 is 0 Å². The molecule has 0 bridgehead atoms. The molecular weight excluding hydrogens is 194 g/mol. The molecule has 0 aliphatic carbocycles. The lowest BCUT2D eigenvalue weighted by Gasteiger charge is -2.17. The maximum Gasteiger partial charge on any atom is 0.136 e. The van der Waals surface area contributed by atoms with Gasteiger partial charge in [-0.1, -0.05) is 0 Å². The second kappa shape index (κ2) is 4.07. The topological polar surface area (TPSA) is 80.6 Å². The van der Waals surface area contributed by atoms with Crippen molar-refractivity contribution in [2.24, 2.45) is 0 Å². The van der Waals surface area contributed by atoms with Gasteiger partial charge in [-0.05, 0) is 0 Å². The first-order valence-electron chi connectivity index (χ1n) is 4.33. The Labute approximate surface area is 80.6 Å². The molecule has 0 spiro atoms. The molecular formula is C7H13NO6. The predicted molar refractivity (Wildman–Crippen MR) is 40.6 cm³/mol. The second-order valence-electron chi connectivity index (χ2n) is 3.27. The van der Waals surface area contributed by atoms with Gasteiger partial charge in [-0.25, -0.2) is 4.84 Å². The van der Waals surface area contributed by atoms with Crippen molar-refractivity contribution in [3.8, 4) is 0 Å². The van der Waals surface area contributed by atoms with Crippen LogP contribution in [0.15, 0.2) is 0 Å². The molecule has 7 nitrogen and oxygen atoms in total. The van der Waals surface area contributed by atoms with E-state index in [0.717, 1.165) is 0 Å². The van der Waals surface area contributed by atoms with Crippen LogP contribution in [0.1, 0.15) is 0 Å². The predicted octanol–water partition coefficient (Wildman–Crippen LogP) is -0.820. The Kier molecular flexibility index (Phi) is 2.98. The van der Waals surface area contributed by atoms with Gasteiger partial charge in [0.15, 0.2) is 0 Å². The van der Waals surface area contributed by atoms with Crippen LogP contribution in [0.2, 0.25) is 0 Å². The van der Waals surface area contributed by atoms with E-state index >= 15 is 0 Å². The first-order chi connectivity index (χ1) is 6.72. The van der Waals surface area contributed by atoms with Crippen LogP contribution < -0.4 is 0 Å². The van der Waals surface area contributed by atoms with Crippen LogP contribution in [0.3, 0.4) is 0 Å². The average molecular weight is 207 g/mol. The van der Waals surface area contributed by atoms with Gasteiger partial charge in [-0.3, -0.25) is 10.4 Å². The standard InChI is InChI=1S/C7H13NO6/c1-11-4-2-12-7-5(14-8(9)10)3-13-6(4)7/h4-7,9-10H,2-3H2,1H3/t4-,5-,6-,7-/m1/s1. The number of hydrogen-bond acceptors (Lipinski definition) is 7. The number of ether oxygens (including phenoxy) is 3. The van der Waals surface area contributed by atoms with E-state index in [-0.39, 0.29) is 30.3 Å². The van der Waals surface area contributed by atoms with Crippen LogP contribution in [0.4, 0.5) is 0 Å². The zero-order valence-electron chi connectivity index (χ0n) is 7.70. The Morgan fingerprint density at radius 2 is 1.71 bits per heavy atom. The summed E-state index contributed by atoms with van der Waals surface area (Å²) >= 11 is 0. The highest BCUT2D eigenvalue weighted by atomic mass is 17.1. The Hall–Kier alpha value is -0.280. The van der Waals surface area contributed by atoms with Crippen LogP contribution in [0.25, 0.3) is 0 Å². The van der Waals surface area contributed by atoms with Crippen molar-refractivity contribution >= 4 is 0 Å². The molecule has 2 saturated heterocycles. The van der Waals surface area contributed by atoms with E-state index in [0.29, 0.717) is 6.61 Å². The Bertz CT molecular complexity index is 201. The maximum absolute atomic E-state index is 8.48. The number of methoxy groups -OCH3 is 1. The van der Waals surface area contributed by atoms with E-state index < -0.39 is 6.10 Å². The van der Waals surface area contributed by atoms with E-state index in [2.05, 4.69) is 4.84 Å². The first kappa shape index (κ1) is 10.2. The summed E-state index contributed by atoms with van der Waals surface area (Å²) in [5.41, 5.74) is 0. The average Bonchev–Trinajstić information content (AvgIpc) is 2.67.